The van der Waals surface area contributed by atoms with Crippen LogP contribution in [0.1, 0.15) is 25.5 Å². The molecule has 0 aromatic heterocycles. The zero-order valence-electron chi connectivity index (χ0n) is 9.48. The maximum Gasteiger partial charge on any atom is 0.288 e. The number of nitriles is 1. The Balaban J connectivity index is 3.10. The lowest BCUT2D eigenvalue weighted by molar-refractivity contribution is -0.384. The van der Waals surface area contributed by atoms with Gasteiger partial charge in [-0.15, -0.1) is 0 Å². The Bertz CT molecular complexity index is 468. The molecule has 0 aliphatic heterocycles. The highest BCUT2D eigenvalue weighted by Gasteiger charge is 2.18. The van der Waals surface area contributed by atoms with Gasteiger partial charge in [-0.1, -0.05) is 17.7 Å². The van der Waals surface area contributed by atoms with Crippen LogP contribution in [0, 0.1) is 21.4 Å². The van der Waals surface area contributed by atoms with E-state index in [2.05, 4.69) is 11.4 Å². The number of hydrogen-bond acceptors (Lipinski definition) is 4. The Morgan fingerprint density at radius 1 is 1.53 bits per heavy atom. The van der Waals surface area contributed by atoms with E-state index in [1.165, 1.54) is 12.1 Å². The molecule has 0 aliphatic rings. The minimum Gasteiger partial charge on any atom is -0.296 e. The van der Waals surface area contributed by atoms with Gasteiger partial charge in [0.1, 0.15) is 11.1 Å². The zero-order valence-corrected chi connectivity index (χ0v) is 10.2. The minimum atomic E-state index is -0.578. The van der Waals surface area contributed by atoms with Gasteiger partial charge < -0.3 is 0 Å². The number of nitro groups is 1. The van der Waals surface area contributed by atoms with Crippen LogP contribution in [0.15, 0.2) is 18.2 Å². The molecule has 1 atom stereocenters. The van der Waals surface area contributed by atoms with E-state index in [4.69, 9.17) is 16.9 Å². The molecule has 90 valence electrons. The maximum absolute atomic E-state index is 10.7. The van der Waals surface area contributed by atoms with Crippen molar-refractivity contribution in [3.05, 3.63) is 38.9 Å². The first-order chi connectivity index (χ1) is 7.95. The van der Waals surface area contributed by atoms with Crippen LogP contribution in [0.4, 0.5) is 5.69 Å². The van der Waals surface area contributed by atoms with Gasteiger partial charge in [-0.3, -0.25) is 15.4 Å². The van der Waals surface area contributed by atoms with E-state index in [1.807, 2.05) is 13.8 Å². The molecule has 0 spiro atoms. The van der Waals surface area contributed by atoms with Gasteiger partial charge in [-0.05, 0) is 25.5 Å². The standard InChI is InChI=1S/C11H12ClN3O2/c1-7(2)14-10(6-13)8-3-4-9(12)11(5-8)15(16)17/h3-5,7,10,14H,1-2H3. The molecule has 0 bridgehead atoms. The molecule has 0 saturated carbocycles. The first kappa shape index (κ1) is 13.4. The van der Waals surface area contributed by atoms with Crippen molar-refractivity contribution in [3.63, 3.8) is 0 Å². The summed E-state index contributed by atoms with van der Waals surface area (Å²) in [5.74, 6) is 0. The minimum absolute atomic E-state index is 0.0694. The van der Waals surface area contributed by atoms with Crippen LogP contribution in [0.25, 0.3) is 0 Å². The number of rotatable bonds is 4. The number of nitrogens with zero attached hydrogens (tertiary/aromatic N) is 2. The van der Waals surface area contributed by atoms with Crippen molar-refractivity contribution >= 4 is 17.3 Å². The topological polar surface area (TPSA) is 79.0 Å². The number of halogens is 1. The van der Waals surface area contributed by atoms with Crippen molar-refractivity contribution in [3.8, 4) is 6.07 Å². The third-order valence-corrected chi connectivity index (χ3v) is 2.45. The largest absolute Gasteiger partial charge is 0.296 e. The van der Waals surface area contributed by atoms with Crippen molar-refractivity contribution in [2.75, 3.05) is 0 Å². The van der Waals surface area contributed by atoms with Crippen LogP contribution >= 0.6 is 11.6 Å². The van der Waals surface area contributed by atoms with Crippen molar-refractivity contribution in [1.29, 1.82) is 5.26 Å². The monoisotopic (exact) mass is 253 g/mol. The second-order valence-corrected chi connectivity index (χ2v) is 4.26. The van der Waals surface area contributed by atoms with Crippen LogP contribution in [0.3, 0.4) is 0 Å². The second-order valence-electron chi connectivity index (χ2n) is 3.85. The van der Waals surface area contributed by atoms with Crippen LogP contribution in [0.2, 0.25) is 5.02 Å². The summed E-state index contributed by atoms with van der Waals surface area (Å²) >= 11 is 5.70. The predicted octanol–water partition coefficient (Wildman–Crippen LogP) is 2.81. The summed E-state index contributed by atoms with van der Waals surface area (Å²) < 4.78 is 0. The van der Waals surface area contributed by atoms with Crippen LogP contribution in [-0.4, -0.2) is 11.0 Å². The molecule has 1 unspecified atom stereocenters. The highest BCUT2D eigenvalue weighted by atomic mass is 35.5. The molecule has 0 saturated heterocycles. The van der Waals surface area contributed by atoms with Crippen molar-refractivity contribution < 1.29 is 4.92 Å². The van der Waals surface area contributed by atoms with E-state index in [-0.39, 0.29) is 16.8 Å². The lowest BCUT2D eigenvalue weighted by Crippen LogP contribution is -2.27. The number of nitrogens with one attached hydrogen (secondary N) is 1. The lowest BCUT2D eigenvalue weighted by atomic mass is 10.1. The Labute approximate surface area is 104 Å². The Hall–Kier alpha value is -1.64. The first-order valence-corrected chi connectivity index (χ1v) is 5.43. The average molecular weight is 254 g/mol. The molecule has 1 rings (SSSR count). The van der Waals surface area contributed by atoms with Gasteiger partial charge in [0.15, 0.2) is 0 Å². The average Bonchev–Trinajstić information content (AvgIpc) is 2.26. The summed E-state index contributed by atoms with van der Waals surface area (Å²) in [5.41, 5.74) is 0.354. The van der Waals surface area contributed by atoms with E-state index >= 15 is 0 Å². The van der Waals surface area contributed by atoms with Gasteiger partial charge in [0, 0.05) is 12.1 Å². The van der Waals surface area contributed by atoms with Gasteiger partial charge in [0.25, 0.3) is 5.69 Å². The quantitative estimate of drug-likeness (QED) is 0.661. The summed E-state index contributed by atoms with van der Waals surface area (Å²) in [6.45, 7) is 3.79. The van der Waals surface area contributed by atoms with E-state index < -0.39 is 11.0 Å². The van der Waals surface area contributed by atoms with Gasteiger partial charge in [-0.2, -0.15) is 5.26 Å². The Morgan fingerprint density at radius 3 is 2.65 bits per heavy atom. The molecule has 1 N–H and O–H groups in total. The summed E-state index contributed by atoms with van der Waals surface area (Å²) in [5, 5.41) is 22.8. The molecule has 0 heterocycles. The molecule has 0 fully saturated rings. The Kier molecular flexibility index (Phi) is 4.44. The molecule has 5 nitrogen and oxygen atoms in total. The fourth-order valence-electron chi connectivity index (χ4n) is 1.39. The SMILES string of the molecule is CC(C)NC(C#N)c1ccc(Cl)c([N+](=O)[O-])c1. The second kappa shape index (κ2) is 5.62. The summed E-state index contributed by atoms with van der Waals surface area (Å²) in [6.07, 6.45) is 0. The molecular weight excluding hydrogens is 242 g/mol. The normalized spacial score (nSPS) is 12.2. The molecule has 0 radical (unpaired) electrons. The first-order valence-electron chi connectivity index (χ1n) is 5.05. The maximum atomic E-state index is 10.7. The fourth-order valence-corrected chi connectivity index (χ4v) is 1.58. The summed E-state index contributed by atoms with van der Waals surface area (Å²) in [7, 11) is 0. The third kappa shape index (κ3) is 3.41. The van der Waals surface area contributed by atoms with Gasteiger partial charge in [-0.25, -0.2) is 0 Å². The van der Waals surface area contributed by atoms with Crippen molar-refractivity contribution in [1.82, 2.24) is 5.32 Å². The van der Waals surface area contributed by atoms with Crippen molar-refractivity contribution in [2.24, 2.45) is 0 Å². The van der Waals surface area contributed by atoms with E-state index in [0.29, 0.717) is 5.56 Å². The van der Waals surface area contributed by atoms with Crippen LogP contribution in [0.5, 0.6) is 0 Å². The fraction of sp³-hybridized carbons (Fsp3) is 0.364. The predicted molar refractivity (Wildman–Crippen MR) is 64.7 cm³/mol. The number of hydrogen-bond donors (Lipinski definition) is 1. The molecule has 0 amide bonds. The van der Waals surface area contributed by atoms with Crippen molar-refractivity contribution in [2.45, 2.75) is 25.9 Å². The van der Waals surface area contributed by atoms with E-state index in [1.54, 1.807) is 6.07 Å². The molecular formula is C11H12ClN3O2. The lowest BCUT2D eigenvalue weighted by Gasteiger charge is -2.14. The number of benzene rings is 1. The molecule has 17 heavy (non-hydrogen) atoms. The van der Waals surface area contributed by atoms with Gasteiger partial charge in [0.2, 0.25) is 0 Å². The van der Waals surface area contributed by atoms with Crippen LogP contribution < -0.4 is 5.32 Å². The smallest absolute Gasteiger partial charge is 0.288 e. The molecule has 1 aromatic rings. The molecule has 0 aliphatic carbocycles. The summed E-state index contributed by atoms with van der Waals surface area (Å²) in [6, 6.07) is 5.95. The summed E-state index contributed by atoms with van der Waals surface area (Å²) in [4.78, 5) is 10.2. The van der Waals surface area contributed by atoms with Gasteiger partial charge in [0.05, 0.1) is 11.0 Å². The highest BCUT2D eigenvalue weighted by Crippen LogP contribution is 2.27. The van der Waals surface area contributed by atoms with Gasteiger partial charge >= 0.3 is 0 Å². The Morgan fingerprint density at radius 2 is 2.18 bits per heavy atom. The highest BCUT2D eigenvalue weighted by molar-refractivity contribution is 6.32. The number of nitro benzene ring substituents is 1. The zero-order chi connectivity index (χ0) is 13.0. The molecule has 6 heteroatoms. The van der Waals surface area contributed by atoms with E-state index in [0.717, 1.165) is 0 Å². The van der Waals surface area contributed by atoms with E-state index in [9.17, 15) is 10.1 Å². The third-order valence-electron chi connectivity index (χ3n) is 2.13. The molecule has 1 aromatic carbocycles. The van der Waals surface area contributed by atoms with Crippen LogP contribution in [-0.2, 0) is 0 Å².